The van der Waals surface area contributed by atoms with Gasteiger partial charge in [-0.25, -0.2) is 0 Å². The van der Waals surface area contributed by atoms with Crippen molar-refractivity contribution >= 4 is 41.0 Å². The summed E-state index contributed by atoms with van der Waals surface area (Å²) in [4.78, 5) is 39.8. The molecule has 2 aliphatic rings. The van der Waals surface area contributed by atoms with Crippen LogP contribution in [0.1, 0.15) is 69.0 Å². The summed E-state index contributed by atoms with van der Waals surface area (Å²) in [6.07, 6.45) is 0.972. The fraction of sp³-hybridized carbons (Fsp3) is 0.444. The molecule has 4 rings (SSSR count). The molecule has 0 spiro atoms. The van der Waals surface area contributed by atoms with Crippen molar-refractivity contribution in [1.82, 2.24) is 4.90 Å². The Labute approximate surface area is 215 Å². The van der Waals surface area contributed by atoms with Crippen molar-refractivity contribution in [2.24, 2.45) is 5.41 Å². The van der Waals surface area contributed by atoms with Gasteiger partial charge in [0, 0.05) is 22.4 Å². The smallest absolute Gasteiger partial charge is 0.306 e. The molecule has 1 N–H and O–H groups in total. The predicted octanol–water partition coefficient (Wildman–Crippen LogP) is 6.02. The fourth-order valence-corrected chi connectivity index (χ4v) is 6.03. The largest absolute Gasteiger partial charge is 0.481 e. The molecule has 35 heavy (non-hydrogen) atoms. The zero-order valence-electron chi connectivity index (χ0n) is 19.7. The van der Waals surface area contributed by atoms with Crippen LogP contribution in [0.25, 0.3) is 0 Å². The van der Waals surface area contributed by atoms with Crippen molar-refractivity contribution < 1.29 is 24.2 Å². The standard InChI is InChI=1S/C27H29Cl2NO5/c1-3-21(22-11-12-24(33)35-22)30-25(16-7-9-18(28)10-8-16)20(17-5-4-6-19(29)13-17)14-27(2,26(30)34)15-23(31)32/h4-10,13,20-22,25H,3,11-12,14-15H2,1-2H3,(H,31,32)/t20-,21+,22?,25?,27-/m1/s1. The number of halogens is 2. The van der Waals surface area contributed by atoms with Crippen LogP contribution < -0.4 is 0 Å². The lowest BCUT2D eigenvalue weighted by atomic mass is 9.66. The summed E-state index contributed by atoms with van der Waals surface area (Å²) in [7, 11) is 0. The van der Waals surface area contributed by atoms with Crippen LogP contribution in [0.3, 0.4) is 0 Å². The van der Waals surface area contributed by atoms with Crippen LogP contribution in [-0.4, -0.2) is 40.0 Å². The Bertz CT molecular complexity index is 1120. The van der Waals surface area contributed by atoms with Gasteiger partial charge in [-0.05, 0) is 54.7 Å². The van der Waals surface area contributed by atoms with Crippen molar-refractivity contribution in [3.8, 4) is 0 Å². The number of carboxylic acids is 1. The SMILES string of the molecule is CC[C@@H](C1CCC(=O)O1)N1C(=O)[C@@](C)(CC(=O)O)C[C@H](c2cccc(Cl)c2)C1c1ccc(Cl)cc1. The molecule has 5 atom stereocenters. The average Bonchev–Trinajstić information content (AvgIpc) is 3.23. The minimum absolute atomic E-state index is 0.233. The molecule has 8 heteroatoms. The van der Waals surface area contributed by atoms with Gasteiger partial charge in [-0.1, -0.05) is 61.3 Å². The summed E-state index contributed by atoms with van der Waals surface area (Å²) in [5, 5.41) is 10.9. The number of rotatable bonds is 7. The van der Waals surface area contributed by atoms with E-state index in [0.717, 1.165) is 11.1 Å². The van der Waals surface area contributed by atoms with E-state index in [-0.39, 0.29) is 24.2 Å². The van der Waals surface area contributed by atoms with E-state index < -0.39 is 29.6 Å². The summed E-state index contributed by atoms with van der Waals surface area (Å²) < 4.78 is 5.64. The fourth-order valence-electron chi connectivity index (χ4n) is 5.70. The first kappa shape index (κ1) is 25.5. The predicted molar refractivity (Wildman–Crippen MR) is 133 cm³/mol. The van der Waals surface area contributed by atoms with Gasteiger partial charge >= 0.3 is 11.9 Å². The number of hydrogen-bond acceptors (Lipinski definition) is 4. The Morgan fingerprint density at radius 3 is 2.43 bits per heavy atom. The van der Waals surface area contributed by atoms with Crippen molar-refractivity contribution in [1.29, 1.82) is 0 Å². The first-order valence-electron chi connectivity index (χ1n) is 11.9. The Balaban J connectivity index is 1.90. The normalized spacial score (nSPS) is 27.5. The Hall–Kier alpha value is -2.57. The highest BCUT2D eigenvalue weighted by Crippen LogP contribution is 2.52. The molecule has 2 fully saturated rings. The van der Waals surface area contributed by atoms with Gasteiger partial charge in [0.05, 0.1) is 23.9 Å². The maximum Gasteiger partial charge on any atom is 0.306 e. The van der Waals surface area contributed by atoms with E-state index in [1.54, 1.807) is 30.0 Å². The highest BCUT2D eigenvalue weighted by atomic mass is 35.5. The number of piperidine rings is 1. The number of esters is 1. The van der Waals surface area contributed by atoms with Crippen molar-refractivity contribution in [3.05, 3.63) is 69.7 Å². The van der Waals surface area contributed by atoms with Crippen LogP contribution >= 0.6 is 23.2 Å². The van der Waals surface area contributed by atoms with E-state index >= 15 is 0 Å². The highest BCUT2D eigenvalue weighted by Gasteiger charge is 2.54. The summed E-state index contributed by atoms with van der Waals surface area (Å²) >= 11 is 12.5. The maximum atomic E-state index is 14.2. The van der Waals surface area contributed by atoms with Crippen molar-refractivity contribution in [2.45, 2.75) is 70.1 Å². The number of likely N-dealkylation sites (tertiary alicyclic amines) is 1. The van der Waals surface area contributed by atoms with Gasteiger partial charge in [0.15, 0.2) is 0 Å². The number of carbonyl (C=O) groups is 3. The molecule has 2 aromatic carbocycles. The third-order valence-electron chi connectivity index (χ3n) is 7.25. The molecule has 0 aromatic heterocycles. The first-order chi connectivity index (χ1) is 16.6. The first-order valence-corrected chi connectivity index (χ1v) is 12.6. The van der Waals surface area contributed by atoms with E-state index in [1.165, 1.54) is 0 Å². The minimum atomic E-state index is -1.14. The summed E-state index contributed by atoms with van der Waals surface area (Å²) in [5.74, 6) is -1.78. The van der Waals surface area contributed by atoms with Gasteiger partial charge < -0.3 is 14.7 Å². The Morgan fingerprint density at radius 2 is 1.86 bits per heavy atom. The number of ether oxygens (including phenoxy) is 1. The van der Waals surface area contributed by atoms with Crippen LogP contribution in [0, 0.1) is 5.41 Å². The van der Waals surface area contributed by atoms with Gasteiger partial charge in [0.1, 0.15) is 6.10 Å². The molecule has 1 amide bonds. The van der Waals surface area contributed by atoms with E-state index in [4.69, 9.17) is 27.9 Å². The molecule has 0 saturated carbocycles. The number of hydrogen-bond donors (Lipinski definition) is 1. The van der Waals surface area contributed by atoms with E-state index in [9.17, 15) is 19.5 Å². The van der Waals surface area contributed by atoms with Crippen molar-refractivity contribution in [3.63, 3.8) is 0 Å². The van der Waals surface area contributed by atoms with Gasteiger partial charge in [-0.2, -0.15) is 0 Å². The lowest BCUT2D eigenvalue weighted by Gasteiger charge is -2.52. The van der Waals surface area contributed by atoms with Crippen LogP contribution in [0.5, 0.6) is 0 Å². The summed E-state index contributed by atoms with van der Waals surface area (Å²) in [5.41, 5.74) is 0.662. The lowest BCUT2D eigenvalue weighted by Crippen LogP contribution is -2.58. The van der Waals surface area contributed by atoms with Crippen LogP contribution in [-0.2, 0) is 19.1 Å². The van der Waals surface area contributed by atoms with Crippen molar-refractivity contribution in [2.75, 3.05) is 0 Å². The van der Waals surface area contributed by atoms with Crippen LogP contribution in [0.4, 0.5) is 0 Å². The number of carboxylic acid groups (broad SMARTS) is 1. The second kappa shape index (κ2) is 10.2. The summed E-state index contributed by atoms with van der Waals surface area (Å²) in [6.45, 7) is 3.68. The third-order valence-corrected chi connectivity index (χ3v) is 7.74. The molecule has 2 saturated heterocycles. The van der Waals surface area contributed by atoms with Gasteiger partial charge in [-0.15, -0.1) is 0 Å². The highest BCUT2D eigenvalue weighted by molar-refractivity contribution is 6.30. The Kier molecular flexibility index (Phi) is 7.43. The molecule has 186 valence electrons. The molecule has 6 nitrogen and oxygen atoms in total. The van der Waals surface area contributed by atoms with Gasteiger partial charge in [-0.3, -0.25) is 14.4 Å². The molecule has 2 unspecified atom stereocenters. The van der Waals surface area contributed by atoms with Crippen LogP contribution in [0.15, 0.2) is 48.5 Å². The lowest BCUT2D eigenvalue weighted by molar-refractivity contribution is -0.166. The van der Waals surface area contributed by atoms with Crippen LogP contribution in [0.2, 0.25) is 10.0 Å². The number of benzene rings is 2. The topological polar surface area (TPSA) is 83.9 Å². The zero-order chi connectivity index (χ0) is 25.3. The molecule has 2 aliphatic heterocycles. The third kappa shape index (κ3) is 5.19. The minimum Gasteiger partial charge on any atom is -0.481 e. The van der Waals surface area contributed by atoms with E-state index in [1.807, 2.05) is 37.3 Å². The molecule has 0 radical (unpaired) electrons. The number of aliphatic carboxylic acids is 1. The van der Waals surface area contributed by atoms with Gasteiger partial charge in [0.2, 0.25) is 5.91 Å². The second-order valence-electron chi connectivity index (χ2n) is 9.75. The van der Waals surface area contributed by atoms with E-state index in [2.05, 4.69) is 0 Å². The number of carbonyl (C=O) groups excluding carboxylic acids is 2. The molecule has 2 aromatic rings. The summed E-state index contributed by atoms with van der Waals surface area (Å²) in [6, 6.07) is 14.1. The van der Waals surface area contributed by atoms with Gasteiger partial charge in [0.25, 0.3) is 0 Å². The molecule has 0 bridgehead atoms. The molecule has 0 aliphatic carbocycles. The van der Waals surface area contributed by atoms with E-state index in [0.29, 0.717) is 35.7 Å². The second-order valence-corrected chi connectivity index (χ2v) is 10.6. The Morgan fingerprint density at radius 1 is 1.14 bits per heavy atom. The maximum absolute atomic E-state index is 14.2. The number of amides is 1. The molecular weight excluding hydrogens is 489 g/mol. The zero-order valence-corrected chi connectivity index (χ0v) is 21.3. The molecule has 2 heterocycles. The number of cyclic esters (lactones) is 1. The number of nitrogens with zero attached hydrogens (tertiary/aromatic N) is 1. The quantitative estimate of drug-likeness (QED) is 0.454. The monoisotopic (exact) mass is 517 g/mol. The average molecular weight is 518 g/mol. The molecular formula is C27H29Cl2NO5.